The van der Waals surface area contributed by atoms with Gasteiger partial charge in [0.25, 0.3) is 0 Å². The van der Waals surface area contributed by atoms with Crippen molar-refractivity contribution in [2.45, 2.75) is 26.3 Å². The van der Waals surface area contributed by atoms with Crippen LogP contribution in [0, 0.1) is 10.1 Å². The van der Waals surface area contributed by atoms with Crippen LogP contribution < -0.4 is 4.90 Å². The molecule has 0 aliphatic carbocycles. The van der Waals surface area contributed by atoms with Gasteiger partial charge in [0.1, 0.15) is 12.4 Å². The normalized spacial score (nSPS) is 10.6. The Hall–Kier alpha value is -1.76. The Kier molecular flexibility index (Phi) is 4.77. The molecule has 7 heteroatoms. The molecule has 0 radical (unpaired) electrons. The van der Waals surface area contributed by atoms with Crippen LogP contribution in [0.3, 0.4) is 0 Å². The standard InChI is InChI=1S/C10H16N4O3/c1-8(2)13(4-3-5-15)10-11-6-9(7-12-10)14(16)17/h6-8,15H,3-5H2,1-2H3. The highest BCUT2D eigenvalue weighted by molar-refractivity contribution is 5.34. The van der Waals surface area contributed by atoms with Gasteiger partial charge in [-0.05, 0) is 20.3 Å². The van der Waals surface area contributed by atoms with Gasteiger partial charge in [0, 0.05) is 19.2 Å². The van der Waals surface area contributed by atoms with Crippen molar-refractivity contribution in [3.63, 3.8) is 0 Å². The summed E-state index contributed by atoms with van der Waals surface area (Å²) in [5.41, 5.74) is -0.125. The van der Waals surface area contributed by atoms with Gasteiger partial charge in [-0.1, -0.05) is 0 Å². The lowest BCUT2D eigenvalue weighted by Gasteiger charge is -2.26. The molecule has 1 rings (SSSR count). The summed E-state index contributed by atoms with van der Waals surface area (Å²) in [7, 11) is 0. The van der Waals surface area contributed by atoms with Gasteiger partial charge in [-0.15, -0.1) is 0 Å². The number of rotatable bonds is 6. The van der Waals surface area contributed by atoms with Crippen molar-refractivity contribution < 1.29 is 10.0 Å². The zero-order chi connectivity index (χ0) is 12.8. The summed E-state index contributed by atoms with van der Waals surface area (Å²) in [6.45, 7) is 4.66. The van der Waals surface area contributed by atoms with E-state index in [0.29, 0.717) is 18.9 Å². The SMILES string of the molecule is CC(C)N(CCCO)c1ncc([N+](=O)[O-])cn1. The third-order valence-corrected chi connectivity index (χ3v) is 2.27. The molecule has 1 aromatic rings. The van der Waals surface area contributed by atoms with Crippen molar-refractivity contribution in [2.24, 2.45) is 0 Å². The van der Waals surface area contributed by atoms with Crippen molar-refractivity contribution in [3.05, 3.63) is 22.5 Å². The Morgan fingerprint density at radius 1 is 1.47 bits per heavy atom. The Balaban J connectivity index is 2.83. The van der Waals surface area contributed by atoms with Crippen molar-refractivity contribution in [2.75, 3.05) is 18.1 Å². The molecule has 17 heavy (non-hydrogen) atoms. The predicted molar refractivity (Wildman–Crippen MR) is 62.9 cm³/mol. The Bertz CT molecular complexity index is 366. The number of anilines is 1. The molecule has 0 aromatic carbocycles. The number of nitrogens with zero attached hydrogens (tertiary/aromatic N) is 4. The smallest absolute Gasteiger partial charge is 0.305 e. The molecule has 0 aliphatic heterocycles. The van der Waals surface area contributed by atoms with Crippen LogP contribution in [-0.4, -0.2) is 39.2 Å². The van der Waals surface area contributed by atoms with E-state index >= 15 is 0 Å². The molecular weight excluding hydrogens is 224 g/mol. The summed E-state index contributed by atoms with van der Waals surface area (Å²) in [5, 5.41) is 19.3. The maximum atomic E-state index is 10.5. The van der Waals surface area contributed by atoms with E-state index in [-0.39, 0.29) is 18.3 Å². The fourth-order valence-electron chi connectivity index (χ4n) is 1.39. The second kappa shape index (κ2) is 6.09. The van der Waals surface area contributed by atoms with Gasteiger partial charge >= 0.3 is 5.69 Å². The number of aromatic nitrogens is 2. The van der Waals surface area contributed by atoms with E-state index in [9.17, 15) is 10.1 Å². The topological polar surface area (TPSA) is 92.4 Å². The van der Waals surface area contributed by atoms with Crippen molar-refractivity contribution in [1.82, 2.24) is 9.97 Å². The average molecular weight is 240 g/mol. The van der Waals surface area contributed by atoms with Gasteiger partial charge < -0.3 is 10.0 Å². The largest absolute Gasteiger partial charge is 0.396 e. The summed E-state index contributed by atoms with van der Waals surface area (Å²) < 4.78 is 0. The van der Waals surface area contributed by atoms with Crippen LogP contribution in [0.1, 0.15) is 20.3 Å². The molecule has 0 spiro atoms. The summed E-state index contributed by atoms with van der Waals surface area (Å²) in [6.07, 6.45) is 2.99. The first-order chi connectivity index (χ1) is 8.06. The van der Waals surface area contributed by atoms with Crippen molar-refractivity contribution in [1.29, 1.82) is 0 Å². The van der Waals surface area contributed by atoms with Gasteiger partial charge in [-0.25, -0.2) is 9.97 Å². The van der Waals surface area contributed by atoms with Crippen molar-refractivity contribution >= 4 is 11.6 Å². The molecule has 0 fully saturated rings. The van der Waals surface area contributed by atoms with E-state index in [0.717, 1.165) is 0 Å². The van der Waals surface area contributed by atoms with E-state index in [2.05, 4.69) is 9.97 Å². The third kappa shape index (κ3) is 3.63. The summed E-state index contributed by atoms with van der Waals surface area (Å²) in [6, 6.07) is 0.169. The second-order valence-corrected chi connectivity index (χ2v) is 3.86. The zero-order valence-corrected chi connectivity index (χ0v) is 9.91. The number of nitro groups is 1. The van der Waals surface area contributed by atoms with Crippen LogP contribution in [-0.2, 0) is 0 Å². The highest BCUT2D eigenvalue weighted by atomic mass is 16.6. The lowest BCUT2D eigenvalue weighted by Crippen LogP contribution is -2.33. The van der Waals surface area contributed by atoms with Crippen LogP contribution in [0.15, 0.2) is 12.4 Å². The number of aliphatic hydroxyl groups is 1. The van der Waals surface area contributed by atoms with Gasteiger partial charge in [0.05, 0.1) is 4.92 Å². The fourth-order valence-corrected chi connectivity index (χ4v) is 1.39. The molecule has 94 valence electrons. The lowest BCUT2D eigenvalue weighted by atomic mass is 10.3. The van der Waals surface area contributed by atoms with Gasteiger partial charge in [0.2, 0.25) is 5.95 Å². The first-order valence-electron chi connectivity index (χ1n) is 5.40. The molecule has 1 N–H and O–H groups in total. The van der Waals surface area contributed by atoms with E-state index in [1.165, 1.54) is 12.4 Å². The Labute approximate surface area is 99.3 Å². The van der Waals surface area contributed by atoms with E-state index < -0.39 is 4.92 Å². The van der Waals surface area contributed by atoms with Crippen LogP contribution >= 0.6 is 0 Å². The number of aliphatic hydroxyl groups excluding tert-OH is 1. The fraction of sp³-hybridized carbons (Fsp3) is 0.600. The first-order valence-corrected chi connectivity index (χ1v) is 5.40. The van der Waals surface area contributed by atoms with Gasteiger partial charge in [0.15, 0.2) is 0 Å². The molecular formula is C10H16N4O3. The first kappa shape index (κ1) is 13.3. The lowest BCUT2D eigenvalue weighted by molar-refractivity contribution is -0.385. The maximum absolute atomic E-state index is 10.5. The maximum Gasteiger partial charge on any atom is 0.305 e. The minimum Gasteiger partial charge on any atom is -0.396 e. The molecule has 0 bridgehead atoms. The molecule has 0 saturated heterocycles. The quantitative estimate of drug-likeness (QED) is 0.588. The highest BCUT2D eigenvalue weighted by Crippen LogP contribution is 2.14. The monoisotopic (exact) mass is 240 g/mol. The summed E-state index contributed by atoms with van der Waals surface area (Å²) >= 11 is 0. The molecule has 0 atom stereocenters. The van der Waals surface area contributed by atoms with E-state index in [1.807, 2.05) is 18.7 Å². The summed E-state index contributed by atoms with van der Waals surface area (Å²) in [4.78, 5) is 19.8. The molecule has 0 amide bonds. The van der Waals surface area contributed by atoms with Gasteiger partial charge in [-0.3, -0.25) is 10.1 Å². The molecule has 1 aromatic heterocycles. The van der Waals surface area contributed by atoms with Crippen LogP contribution in [0.4, 0.5) is 11.6 Å². The average Bonchev–Trinajstić information content (AvgIpc) is 2.29. The number of hydrogen-bond donors (Lipinski definition) is 1. The van der Waals surface area contributed by atoms with Crippen LogP contribution in [0.25, 0.3) is 0 Å². The minimum atomic E-state index is -0.531. The molecule has 7 nitrogen and oxygen atoms in total. The zero-order valence-electron chi connectivity index (χ0n) is 9.91. The Morgan fingerprint density at radius 3 is 2.47 bits per heavy atom. The Morgan fingerprint density at radius 2 is 2.06 bits per heavy atom. The van der Waals surface area contributed by atoms with E-state index in [1.54, 1.807) is 0 Å². The van der Waals surface area contributed by atoms with Crippen LogP contribution in [0.2, 0.25) is 0 Å². The summed E-state index contributed by atoms with van der Waals surface area (Å²) in [5.74, 6) is 0.444. The van der Waals surface area contributed by atoms with Crippen LogP contribution in [0.5, 0.6) is 0 Å². The molecule has 0 unspecified atom stereocenters. The highest BCUT2D eigenvalue weighted by Gasteiger charge is 2.14. The third-order valence-electron chi connectivity index (χ3n) is 2.27. The molecule has 1 heterocycles. The predicted octanol–water partition coefficient (Wildman–Crippen LogP) is 0.982. The minimum absolute atomic E-state index is 0.0935. The van der Waals surface area contributed by atoms with Crippen molar-refractivity contribution in [3.8, 4) is 0 Å². The van der Waals surface area contributed by atoms with Gasteiger partial charge in [-0.2, -0.15) is 0 Å². The molecule has 0 aliphatic rings. The number of hydrogen-bond acceptors (Lipinski definition) is 6. The van der Waals surface area contributed by atoms with E-state index in [4.69, 9.17) is 5.11 Å². The second-order valence-electron chi connectivity index (χ2n) is 3.86. The molecule has 0 saturated carbocycles.